The first-order chi connectivity index (χ1) is 10.9. The molecule has 0 atom stereocenters. The number of hydrogen-bond donors (Lipinski definition) is 0. The van der Waals surface area contributed by atoms with Crippen LogP contribution in [0, 0.1) is 21.4 Å². The Morgan fingerprint density at radius 3 is 2.39 bits per heavy atom. The number of rotatable bonds is 4. The quantitative estimate of drug-likeness (QED) is 0.273. The maximum atomic E-state index is 12.5. The van der Waals surface area contributed by atoms with Gasteiger partial charge in [0.1, 0.15) is 11.6 Å². The Kier molecular flexibility index (Phi) is 4.89. The third-order valence-electron chi connectivity index (χ3n) is 3.31. The van der Waals surface area contributed by atoms with E-state index in [9.17, 15) is 20.2 Å². The van der Waals surface area contributed by atoms with Gasteiger partial charge >= 0.3 is 0 Å². The number of Topliss-reactive ketones (excluding diaryl/α,β-unsaturated/α-hetero) is 1. The standard InChI is InChI=1S/C17H11ClN2O3/c1-11(13-3-2-4-15(9-13)20(22)23)16(10-19)17(21)12-5-7-14(18)8-6-12/h2-9H,1H3/b16-11-. The Balaban J connectivity index is 2.49. The highest BCUT2D eigenvalue weighted by atomic mass is 35.5. The van der Waals surface area contributed by atoms with Crippen LogP contribution in [-0.4, -0.2) is 10.7 Å². The summed E-state index contributed by atoms with van der Waals surface area (Å²) in [5, 5.41) is 20.7. The Morgan fingerprint density at radius 1 is 1.17 bits per heavy atom. The molecule has 0 heterocycles. The predicted octanol–water partition coefficient (Wildman–Crippen LogP) is 4.43. The molecule has 0 saturated heterocycles. The molecule has 0 fully saturated rings. The molecule has 0 aromatic heterocycles. The molecule has 2 aromatic rings. The number of carbonyl (C=O) groups excluding carboxylic acids is 1. The number of nitrogens with zero attached hydrogens (tertiary/aromatic N) is 2. The Bertz CT molecular complexity index is 849. The Hall–Kier alpha value is -2.97. The molecule has 0 radical (unpaired) electrons. The number of hydrogen-bond acceptors (Lipinski definition) is 4. The van der Waals surface area contributed by atoms with Gasteiger partial charge in [0.15, 0.2) is 0 Å². The fourth-order valence-corrected chi connectivity index (χ4v) is 2.17. The van der Waals surface area contributed by atoms with Gasteiger partial charge in [0.05, 0.1) is 4.92 Å². The zero-order chi connectivity index (χ0) is 17.0. The van der Waals surface area contributed by atoms with Crippen molar-refractivity contribution in [3.8, 4) is 6.07 Å². The highest BCUT2D eigenvalue weighted by Crippen LogP contribution is 2.24. The van der Waals surface area contributed by atoms with Crippen LogP contribution in [0.3, 0.4) is 0 Å². The monoisotopic (exact) mass is 326 g/mol. The van der Waals surface area contributed by atoms with Gasteiger partial charge in [-0.3, -0.25) is 14.9 Å². The second-order valence-electron chi connectivity index (χ2n) is 4.76. The van der Waals surface area contributed by atoms with Crippen molar-refractivity contribution >= 4 is 28.6 Å². The van der Waals surface area contributed by atoms with Crippen LogP contribution in [0.15, 0.2) is 54.1 Å². The number of nitro benzene ring substituents is 1. The van der Waals surface area contributed by atoms with Crippen LogP contribution in [-0.2, 0) is 0 Å². The van der Waals surface area contributed by atoms with Crippen molar-refractivity contribution in [3.63, 3.8) is 0 Å². The average molecular weight is 327 g/mol. The lowest BCUT2D eigenvalue weighted by Crippen LogP contribution is -2.04. The van der Waals surface area contributed by atoms with E-state index in [0.717, 1.165) is 0 Å². The van der Waals surface area contributed by atoms with Crippen molar-refractivity contribution in [2.45, 2.75) is 6.92 Å². The SMILES string of the molecule is C/C(=C(\C#N)C(=O)c1ccc(Cl)cc1)c1cccc([N+](=O)[O-])c1. The normalized spacial score (nSPS) is 11.3. The molecule has 23 heavy (non-hydrogen) atoms. The molecule has 2 aromatic carbocycles. The molecule has 0 aliphatic rings. The van der Waals surface area contributed by atoms with Crippen LogP contribution in [0.25, 0.3) is 5.57 Å². The van der Waals surface area contributed by atoms with Gasteiger partial charge in [0, 0.05) is 22.7 Å². The van der Waals surface area contributed by atoms with Crippen molar-refractivity contribution in [2.75, 3.05) is 0 Å². The summed E-state index contributed by atoms with van der Waals surface area (Å²) in [6.07, 6.45) is 0. The summed E-state index contributed by atoms with van der Waals surface area (Å²) in [6, 6.07) is 13.9. The van der Waals surface area contributed by atoms with Crippen LogP contribution in [0.1, 0.15) is 22.8 Å². The predicted molar refractivity (Wildman–Crippen MR) is 87.1 cm³/mol. The topological polar surface area (TPSA) is 84.0 Å². The van der Waals surface area contributed by atoms with E-state index >= 15 is 0 Å². The summed E-state index contributed by atoms with van der Waals surface area (Å²) in [5.41, 5.74) is 1.01. The van der Waals surface area contributed by atoms with E-state index in [2.05, 4.69) is 0 Å². The van der Waals surface area contributed by atoms with Gasteiger partial charge in [-0.15, -0.1) is 0 Å². The molecule has 114 valence electrons. The van der Waals surface area contributed by atoms with Crippen LogP contribution >= 0.6 is 11.6 Å². The zero-order valence-corrected chi connectivity index (χ0v) is 12.9. The van der Waals surface area contributed by atoms with E-state index in [-0.39, 0.29) is 11.3 Å². The number of halogens is 1. The number of ketones is 1. The number of nitro groups is 1. The summed E-state index contributed by atoms with van der Waals surface area (Å²) in [7, 11) is 0. The highest BCUT2D eigenvalue weighted by Gasteiger charge is 2.17. The van der Waals surface area contributed by atoms with Gasteiger partial charge in [-0.25, -0.2) is 0 Å². The fourth-order valence-electron chi connectivity index (χ4n) is 2.05. The van der Waals surface area contributed by atoms with Crippen molar-refractivity contribution < 1.29 is 9.72 Å². The van der Waals surface area contributed by atoms with Crippen LogP contribution < -0.4 is 0 Å². The number of allylic oxidation sites excluding steroid dienone is 2. The number of non-ortho nitro benzene ring substituents is 1. The smallest absolute Gasteiger partial charge is 0.270 e. The molecule has 0 amide bonds. The van der Waals surface area contributed by atoms with E-state index < -0.39 is 10.7 Å². The highest BCUT2D eigenvalue weighted by molar-refractivity contribution is 6.30. The number of benzene rings is 2. The molecular formula is C17H11ClN2O3. The first-order valence-corrected chi connectivity index (χ1v) is 6.98. The fraction of sp³-hybridized carbons (Fsp3) is 0.0588. The van der Waals surface area contributed by atoms with E-state index in [1.54, 1.807) is 25.1 Å². The average Bonchev–Trinajstić information content (AvgIpc) is 2.56. The van der Waals surface area contributed by atoms with Crippen molar-refractivity contribution in [3.05, 3.63) is 80.4 Å². The summed E-state index contributed by atoms with van der Waals surface area (Å²) < 4.78 is 0. The molecule has 0 aliphatic heterocycles. The maximum absolute atomic E-state index is 12.5. The molecule has 0 spiro atoms. The first-order valence-electron chi connectivity index (χ1n) is 6.60. The van der Waals surface area contributed by atoms with Crippen molar-refractivity contribution in [1.29, 1.82) is 5.26 Å². The third kappa shape index (κ3) is 3.62. The van der Waals surface area contributed by atoms with Gasteiger partial charge in [-0.05, 0) is 42.3 Å². The lowest BCUT2D eigenvalue weighted by molar-refractivity contribution is -0.384. The lowest BCUT2D eigenvalue weighted by Gasteiger charge is -2.06. The van der Waals surface area contributed by atoms with E-state index in [1.807, 2.05) is 6.07 Å². The summed E-state index contributed by atoms with van der Waals surface area (Å²) >= 11 is 5.78. The molecule has 2 rings (SSSR count). The maximum Gasteiger partial charge on any atom is 0.270 e. The molecular weight excluding hydrogens is 316 g/mol. The molecule has 5 nitrogen and oxygen atoms in total. The van der Waals surface area contributed by atoms with E-state index in [0.29, 0.717) is 21.7 Å². The molecule has 0 bridgehead atoms. The van der Waals surface area contributed by atoms with Gasteiger partial charge in [0.2, 0.25) is 5.78 Å². The number of carbonyl (C=O) groups is 1. The third-order valence-corrected chi connectivity index (χ3v) is 3.56. The second-order valence-corrected chi connectivity index (χ2v) is 5.19. The van der Waals surface area contributed by atoms with Crippen LogP contribution in [0.4, 0.5) is 5.69 Å². The second kappa shape index (κ2) is 6.86. The van der Waals surface area contributed by atoms with Gasteiger partial charge in [-0.1, -0.05) is 23.7 Å². The molecule has 0 saturated carbocycles. The summed E-state index contributed by atoms with van der Waals surface area (Å²) in [4.78, 5) is 22.8. The Labute approximate surface area is 137 Å². The van der Waals surface area contributed by atoms with Crippen molar-refractivity contribution in [1.82, 2.24) is 0 Å². The summed E-state index contributed by atoms with van der Waals surface area (Å²) in [5.74, 6) is -0.451. The van der Waals surface area contributed by atoms with E-state index in [1.165, 1.54) is 30.3 Å². The number of nitriles is 1. The van der Waals surface area contributed by atoms with Crippen LogP contribution in [0.5, 0.6) is 0 Å². The lowest BCUT2D eigenvalue weighted by atomic mass is 9.95. The zero-order valence-electron chi connectivity index (χ0n) is 12.1. The first kappa shape index (κ1) is 16.4. The van der Waals surface area contributed by atoms with E-state index in [4.69, 9.17) is 11.6 Å². The summed E-state index contributed by atoms with van der Waals surface area (Å²) in [6.45, 7) is 1.59. The minimum atomic E-state index is -0.524. The largest absolute Gasteiger partial charge is 0.288 e. The minimum Gasteiger partial charge on any atom is -0.288 e. The molecule has 0 aliphatic carbocycles. The van der Waals surface area contributed by atoms with Crippen LogP contribution in [0.2, 0.25) is 5.02 Å². The van der Waals surface area contributed by atoms with Crippen molar-refractivity contribution in [2.24, 2.45) is 0 Å². The molecule has 6 heteroatoms. The minimum absolute atomic E-state index is 0.0622. The van der Waals surface area contributed by atoms with Gasteiger partial charge in [0.25, 0.3) is 5.69 Å². The van der Waals surface area contributed by atoms with Gasteiger partial charge < -0.3 is 0 Å². The Morgan fingerprint density at radius 2 is 1.83 bits per heavy atom. The molecule has 0 unspecified atom stereocenters. The van der Waals surface area contributed by atoms with Gasteiger partial charge in [-0.2, -0.15) is 5.26 Å². The molecule has 0 N–H and O–H groups in total.